The van der Waals surface area contributed by atoms with Gasteiger partial charge in [0.25, 0.3) is 5.91 Å². The van der Waals surface area contributed by atoms with E-state index in [0.717, 1.165) is 34.5 Å². The molecule has 0 unspecified atom stereocenters. The Balaban J connectivity index is 0.00000320. The topological polar surface area (TPSA) is 45.7 Å². The highest BCUT2D eigenvalue weighted by Crippen LogP contribution is 2.35. The van der Waals surface area contributed by atoms with Crippen LogP contribution in [0.4, 0.5) is 5.13 Å². The summed E-state index contributed by atoms with van der Waals surface area (Å²) in [5.74, 6) is 0.753. The molecule has 2 aromatic carbocycles. The molecular formula is C23H30ClN3O2S. The number of anilines is 1. The minimum atomic E-state index is -0.0103. The van der Waals surface area contributed by atoms with Crippen molar-refractivity contribution >= 4 is 45.0 Å². The second-order valence-corrected chi connectivity index (χ2v) is 8.45. The first-order valence-electron chi connectivity index (χ1n) is 9.97. The van der Waals surface area contributed by atoms with Crippen molar-refractivity contribution in [2.75, 3.05) is 38.7 Å². The summed E-state index contributed by atoms with van der Waals surface area (Å²) in [5.41, 5.74) is 3.82. The van der Waals surface area contributed by atoms with Gasteiger partial charge in [0.2, 0.25) is 0 Å². The molecule has 3 rings (SSSR count). The predicted octanol–water partition coefficient (Wildman–Crippen LogP) is 5.33. The maximum Gasteiger partial charge on any atom is 0.260 e. The lowest BCUT2D eigenvalue weighted by atomic mass is 10.1. The highest BCUT2D eigenvalue weighted by molar-refractivity contribution is 7.22. The molecule has 0 aliphatic rings. The van der Waals surface area contributed by atoms with Crippen LogP contribution in [0.1, 0.15) is 34.8 Å². The molecule has 0 aliphatic carbocycles. The SMILES string of the molecule is CCOc1cccc2sc(N(CCCN(C)C)C(=O)c3ccc(C)c(C)c3)nc12.Cl. The van der Waals surface area contributed by atoms with E-state index in [2.05, 4.69) is 11.8 Å². The van der Waals surface area contributed by atoms with Gasteiger partial charge in [-0.25, -0.2) is 4.98 Å². The number of hydrogen-bond acceptors (Lipinski definition) is 5. The number of benzene rings is 2. The van der Waals surface area contributed by atoms with Gasteiger partial charge in [-0.15, -0.1) is 12.4 Å². The molecule has 0 radical (unpaired) electrons. The summed E-state index contributed by atoms with van der Waals surface area (Å²) in [6.07, 6.45) is 0.873. The fraction of sp³-hybridized carbons (Fsp3) is 0.391. The molecule has 0 aliphatic heterocycles. The van der Waals surface area contributed by atoms with Gasteiger partial charge in [-0.2, -0.15) is 0 Å². The van der Waals surface area contributed by atoms with Gasteiger partial charge < -0.3 is 9.64 Å². The molecule has 3 aromatic rings. The van der Waals surface area contributed by atoms with E-state index >= 15 is 0 Å². The van der Waals surface area contributed by atoms with Crippen LogP contribution in [0.2, 0.25) is 0 Å². The van der Waals surface area contributed by atoms with E-state index in [1.165, 1.54) is 16.9 Å². The standard InChI is InChI=1S/C23H29N3O2S.ClH/c1-6-28-19-9-7-10-20-21(19)24-23(29-20)26(14-8-13-25(4)5)22(27)18-12-11-16(2)17(3)15-18;/h7,9-12,15H,6,8,13-14H2,1-5H3;1H. The zero-order valence-corrected chi connectivity index (χ0v) is 19.9. The number of aryl methyl sites for hydroxylation is 2. The Morgan fingerprint density at radius 2 is 1.87 bits per heavy atom. The Kier molecular flexibility index (Phi) is 8.65. The van der Waals surface area contributed by atoms with Crippen LogP contribution in [0.5, 0.6) is 5.75 Å². The van der Waals surface area contributed by atoms with Gasteiger partial charge in [-0.3, -0.25) is 9.69 Å². The summed E-state index contributed by atoms with van der Waals surface area (Å²) in [6.45, 7) is 8.17. The number of rotatable bonds is 8. The van der Waals surface area contributed by atoms with Crippen molar-refractivity contribution in [2.24, 2.45) is 0 Å². The van der Waals surface area contributed by atoms with E-state index in [1.807, 2.05) is 69.2 Å². The average molecular weight is 448 g/mol. The summed E-state index contributed by atoms with van der Waals surface area (Å²) < 4.78 is 6.76. The van der Waals surface area contributed by atoms with Crippen LogP contribution in [0.3, 0.4) is 0 Å². The van der Waals surface area contributed by atoms with E-state index in [1.54, 1.807) is 0 Å². The van der Waals surface area contributed by atoms with E-state index in [0.29, 0.717) is 23.8 Å². The average Bonchev–Trinajstić information content (AvgIpc) is 3.12. The molecule has 7 heteroatoms. The lowest BCUT2D eigenvalue weighted by molar-refractivity contribution is 0.0986. The number of carbonyl (C=O) groups excluding carboxylic acids is 1. The fourth-order valence-electron chi connectivity index (χ4n) is 3.16. The van der Waals surface area contributed by atoms with Gasteiger partial charge in [-0.05, 0) is 83.2 Å². The fourth-order valence-corrected chi connectivity index (χ4v) is 4.17. The summed E-state index contributed by atoms with van der Waals surface area (Å²) in [6, 6.07) is 11.8. The highest BCUT2D eigenvalue weighted by atomic mass is 35.5. The number of amides is 1. The molecule has 30 heavy (non-hydrogen) atoms. The molecule has 1 aromatic heterocycles. The predicted molar refractivity (Wildman–Crippen MR) is 129 cm³/mol. The van der Waals surface area contributed by atoms with Crippen LogP contribution in [0, 0.1) is 13.8 Å². The van der Waals surface area contributed by atoms with Crippen LogP contribution in [0.15, 0.2) is 36.4 Å². The second-order valence-electron chi connectivity index (χ2n) is 7.45. The van der Waals surface area contributed by atoms with Gasteiger partial charge in [0, 0.05) is 12.1 Å². The maximum absolute atomic E-state index is 13.4. The summed E-state index contributed by atoms with van der Waals surface area (Å²) in [5, 5.41) is 0.717. The van der Waals surface area contributed by atoms with Crippen molar-refractivity contribution in [1.82, 2.24) is 9.88 Å². The van der Waals surface area contributed by atoms with Gasteiger partial charge in [0.1, 0.15) is 11.3 Å². The van der Waals surface area contributed by atoms with E-state index < -0.39 is 0 Å². The quantitative estimate of drug-likeness (QED) is 0.468. The lowest BCUT2D eigenvalue weighted by Crippen LogP contribution is -2.33. The molecule has 0 N–H and O–H groups in total. The van der Waals surface area contributed by atoms with Gasteiger partial charge in [-0.1, -0.05) is 23.5 Å². The maximum atomic E-state index is 13.4. The molecule has 5 nitrogen and oxygen atoms in total. The van der Waals surface area contributed by atoms with Crippen LogP contribution in [-0.4, -0.2) is 49.6 Å². The first-order chi connectivity index (χ1) is 13.9. The molecular weight excluding hydrogens is 418 g/mol. The molecule has 162 valence electrons. The lowest BCUT2D eigenvalue weighted by Gasteiger charge is -2.21. The molecule has 1 heterocycles. The van der Waals surface area contributed by atoms with E-state index in [-0.39, 0.29) is 18.3 Å². The van der Waals surface area contributed by atoms with Crippen molar-refractivity contribution in [3.63, 3.8) is 0 Å². The van der Waals surface area contributed by atoms with Gasteiger partial charge in [0.05, 0.1) is 11.3 Å². The molecule has 0 spiro atoms. The number of aromatic nitrogens is 1. The molecule has 1 amide bonds. The third kappa shape index (κ3) is 5.50. The zero-order chi connectivity index (χ0) is 21.0. The normalized spacial score (nSPS) is 10.9. The van der Waals surface area contributed by atoms with Crippen molar-refractivity contribution < 1.29 is 9.53 Å². The molecule has 0 atom stereocenters. The minimum Gasteiger partial charge on any atom is -0.492 e. The molecule has 0 bridgehead atoms. The Labute approximate surface area is 189 Å². The minimum absolute atomic E-state index is 0. The smallest absolute Gasteiger partial charge is 0.260 e. The van der Waals surface area contributed by atoms with E-state index in [9.17, 15) is 4.79 Å². The third-order valence-corrected chi connectivity index (χ3v) is 5.93. The second kappa shape index (κ2) is 10.8. The summed E-state index contributed by atoms with van der Waals surface area (Å²) >= 11 is 1.53. The first kappa shape index (κ1) is 24.1. The van der Waals surface area contributed by atoms with Crippen LogP contribution in [0.25, 0.3) is 10.2 Å². The Hall–Kier alpha value is -2.15. The van der Waals surface area contributed by atoms with Gasteiger partial charge >= 0.3 is 0 Å². The molecule has 0 fully saturated rings. The van der Waals surface area contributed by atoms with Crippen molar-refractivity contribution in [3.05, 3.63) is 53.1 Å². The zero-order valence-electron chi connectivity index (χ0n) is 18.3. The number of fused-ring (bicyclic) bond motifs is 1. The number of nitrogens with zero attached hydrogens (tertiary/aromatic N) is 3. The number of ether oxygens (including phenoxy) is 1. The number of hydrogen-bond donors (Lipinski definition) is 0. The Bertz CT molecular complexity index is 1000. The number of para-hydroxylation sites is 1. The Morgan fingerprint density at radius 1 is 1.10 bits per heavy atom. The largest absolute Gasteiger partial charge is 0.492 e. The molecule has 0 saturated heterocycles. The van der Waals surface area contributed by atoms with Crippen LogP contribution in [-0.2, 0) is 0 Å². The Morgan fingerprint density at radius 3 is 2.53 bits per heavy atom. The van der Waals surface area contributed by atoms with Crippen molar-refractivity contribution in [3.8, 4) is 5.75 Å². The van der Waals surface area contributed by atoms with Gasteiger partial charge in [0.15, 0.2) is 5.13 Å². The number of halogens is 1. The number of thiazole rings is 1. The third-order valence-electron chi connectivity index (χ3n) is 4.89. The van der Waals surface area contributed by atoms with Crippen LogP contribution >= 0.6 is 23.7 Å². The van der Waals surface area contributed by atoms with Crippen molar-refractivity contribution in [1.29, 1.82) is 0 Å². The highest BCUT2D eigenvalue weighted by Gasteiger charge is 2.22. The van der Waals surface area contributed by atoms with Crippen LogP contribution < -0.4 is 9.64 Å². The molecule has 0 saturated carbocycles. The summed E-state index contributed by atoms with van der Waals surface area (Å²) in [4.78, 5) is 22.2. The van der Waals surface area contributed by atoms with E-state index in [4.69, 9.17) is 9.72 Å². The van der Waals surface area contributed by atoms with Crippen molar-refractivity contribution in [2.45, 2.75) is 27.2 Å². The first-order valence-corrected chi connectivity index (χ1v) is 10.8. The number of carbonyl (C=O) groups is 1. The monoisotopic (exact) mass is 447 g/mol. The summed E-state index contributed by atoms with van der Waals surface area (Å²) in [7, 11) is 4.09.